The van der Waals surface area contributed by atoms with Gasteiger partial charge in [-0.15, -0.1) is 0 Å². The van der Waals surface area contributed by atoms with Crippen LogP contribution in [-0.4, -0.2) is 71.9 Å². The zero-order valence-corrected chi connectivity index (χ0v) is 19.1. The number of anilines is 2. The zero-order valence-electron chi connectivity index (χ0n) is 19.1. The van der Waals surface area contributed by atoms with Gasteiger partial charge in [-0.25, -0.2) is 4.98 Å². The quantitative estimate of drug-likeness (QED) is 0.691. The van der Waals surface area contributed by atoms with Gasteiger partial charge in [0.05, 0.1) is 6.54 Å². The van der Waals surface area contributed by atoms with Crippen molar-refractivity contribution in [1.82, 2.24) is 14.8 Å². The van der Waals surface area contributed by atoms with E-state index < -0.39 is 0 Å². The molecule has 1 N–H and O–H groups in total. The SMILES string of the molecule is Cc1ccc(C)c(NC(=O)CN(CCC(=O)N2CCN(c3ccccn3)CC2)C2CC2)c1. The molecule has 0 atom stereocenters. The molecule has 7 nitrogen and oxygen atoms in total. The van der Waals surface area contributed by atoms with Crippen molar-refractivity contribution in [2.24, 2.45) is 0 Å². The van der Waals surface area contributed by atoms with Crippen molar-refractivity contribution in [1.29, 1.82) is 0 Å². The molecule has 0 radical (unpaired) electrons. The summed E-state index contributed by atoms with van der Waals surface area (Å²) in [5, 5.41) is 3.05. The molecule has 1 aromatic carbocycles. The number of benzene rings is 1. The molecular formula is C25H33N5O2. The Morgan fingerprint density at radius 2 is 1.88 bits per heavy atom. The van der Waals surface area contributed by atoms with Gasteiger partial charge in [0.25, 0.3) is 0 Å². The summed E-state index contributed by atoms with van der Waals surface area (Å²) in [4.78, 5) is 36.2. The van der Waals surface area contributed by atoms with Gasteiger partial charge in [0.15, 0.2) is 0 Å². The van der Waals surface area contributed by atoms with E-state index in [1.807, 2.05) is 55.1 Å². The molecular weight excluding hydrogens is 402 g/mol. The maximum atomic E-state index is 12.8. The van der Waals surface area contributed by atoms with Crippen molar-refractivity contribution >= 4 is 23.3 Å². The highest BCUT2D eigenvalue weighted by Crippen LogP contribution is 2.27. The standard InChI is InChI=1S/C25H33N5O2/c1-19-6-7-20(2)22(17-19)27-24(31)18-30(21-8-9-21)12-10-25(32)29-15-13-28(14-16-29)23-5-3-4-11-26-23/h3-7,11,17,21H,8-10,12-16,18H2,1-2H3,(H,27,31). The number of carbonyl (C=O) groups excluding carboxylic acids is 2. The molecule has 0 unspecified atom stereocenters. The highest BCUT2D eigenvalue weighted by Gasteiger charge is 2.31. The molecule has 2 fully saturated rings. The van der Waals surface area contributed by atoms with Crippen LogP contribution in [0.3, 0.4) is 0 Å². The second-order valence-electron chi connectivity index (χ2n) is 8.87. The Balaban J connectivity index is 1.25. The number of aromatic nitrogens is 1. The van der Waals surface area contributed by atoms with Crippen molar-refractivity contribution in [2.45, 2.75) is 39.2 Å². The number of nitrogens with zero attached hydrogens (tertiary/aromatic N) is 4. The van der Waals surface area contributed by atoms with E-state index in [4.69, 9.17) is 0 Å². The normalized spacial score (nSPS) is 16.3. The fraction of sp³-hybridized carbons (Fsp3) is 0.480. The van der Waals surface area contributed by atoms with Gasteiger partial charge in [0.1, 0.15) is 5.82 Å². The second kappa shape index (κ2) is 10.1. The maximum Gasteiger partial charge on any atom is 0.238 e. The van der Waals surface area contributed by atoms with Crippen LogP contribution in [0.25, 0.3) is 0 Å². The number of pyridine rings is 1. The number of rotatable bonds is 8. The lowest BCUT2D eigenvalue weighted by Gasteiger charge is -2.35. The zero-order chi connectivity index (χ0) is 22.5. The lowest BCUT2D eigenvalue weighted by Crippen LogP contribution is -2.49. The summed E-state index contributed by atoms with van der Waals surface area (Å²) in [5.74, 6) is 1.13. The topological polar surface area (TPSA) is 68.8 Å². The predicted molar refractivity (Wildman–Crippen MR) is 127 cm³/mol. The van der Waals surface area contributed by atoms with E-state index >= 15 is 0 Å². The highest BCUT2D eigenvalue weighted by molar-refractivity contribution is 5.93. The average Bonchev–Trinajstić information content (AvgIpc) is 3.65. The third-order valence-corrected chi connectivity index (χ3v) is 6.30. The van der Waals surface area contributed by atoms with Gasteiger partial charge in [-0.05, 0) is 56.0 Å². The molecule has 2 heterocycles. The first kappa shape index (κ1) is 22.3. The van der Waals surface area contributed by atoms with Gasteiger partial charge in [0, 0.05) is 57.1 Å². The van der Waals surface area contributed by atoms with Crippen LogP contribution in [0.4, 0.5) is 11.5 Å². The molecule has 4 rings (SSSR count). The van der Waals surface area contributed by atoms with E-state index in [0.29, 0.717) is 38.6 Å². The molecule has 1 saturated carbocycles. The lowest BCUT2D eigenvalue weighted by molar-refractivity contribution is -0.132. The van der Waals surface area contributed by atoms with Crippen molar-refractivity contribution in [3.05, 3.63) is 53.7 Å². The number of amides is 2. The van der Waals surface area contributed by atoms with Gasteiger partial charge < -0.3 is 15.1 Å². The first-order valence-electron chi connectivity index (χ1n) is 11.5. The van der Waals surface area contributed by atoms with Crippen molar-refractivity contribution in [3.8, 4) is 0 Å². The van der Waals surface area contributed by atoms with E-state index in [1.165, 1.54) is 0 Å². The number of hydrogen-bond acceptors (Lipinski definition) is 5. The number of nitrogens with one attached hydrogen (secondary N) is 1. The second-order valence-corrected chi connectivity index (χ2v) is 8.87. The lowest BCUT2D eigenvalue weighted by atomic mass is 10.1. The van der Waals surface area contributed by atoms with Crippen molar-refractivity contribution in [2.75, 3.05) is 49.5 Å². The number of carbonyl (C=O) groups is 2. The van der Waals surface area contributed by atoms with E-state index in [-0.39, 0.29) is 11.8 Å². The fourth-order valence-corrected chi connectivity index (χ4v) is 4.20. The van der Waals surface area contributed by atoms with Crippen LogP contribution < -0.4 is 10.2 Å². The smallest absolute Gasteiger partial charge is 0.238 e. The maximum absolute atomic E-state index is 12.8. The summed E-state index contributed by atoms with van der Waals surface area (Å²) in [6.45, 7) is 8.01. The summed E-state index contributed by atoms with van der Waals surface area (Å²) < 4.78 is 0. The molecule has 1 aliphatic heterocycles. The third kappa shape index (κ3) is 5.85. The Morgan fingerprint density at radius 1 is 1.09 bits per heavy atom. The van der Waals surface area contributed by atoms with Gasteiger partial charge in [-0.1, -0.05) is 18.2 Å². The monoisotopic (exact) mass is 435 g/mol. The van der Waals surface area contributed by atoms with Crippen LogP contribution >= 0.6 is 0 Å². The molecule has 0 spiro atoms. The summed E-state index contributed by atoms with van der Waals surface area (Å²) in [5.41, 5.74) is 3.05. The van der Waals surface area contributed by atoms with Crippen LogP contribution in [-0.2, 0) is 9.59 Å². The number of piperazine rings is 1. The van der Waals surface area contributed by atoms with Gasteiger partial charge in [0.2, 0.25) is 11.8 Å². The molecule has 170 valence electrons. The van der Waals surface area contributed by atoms with Crippen LogP contribution in [0.1, 0.15) is 30.4 Å². The molecule has 1 saturated heterocycles. The van der Waals surface area contributed by atoms with Crippen LogP contribution in [0.15, 0.2) is 42.6 Å². The third-order valence-electron chi connectivity index (χ3n) is 6.30. The van der Waals surface area contributed by atoms with E-state index in [2.05, 4.69) is 20.1 Å². The fourth-order valence-electron chi connectivity index (χ4n) is 4.20. The minimum atomic E-state index is -0.0120. The summed E-state index contributed by atoms with van der Waals surface area (Å²) >= 11 is 0. The Hall–Kier alpha value is -2.93. The summed E-state index contributed by atoms with van der Waals surface area (Å²) in [6, 6.07) is 12.4. The predicted octanol–water partition coefficient (Wildman–Crippen LogP) is 2.84. The van der Waals surface area contributed by atoms with Crippen molar-refractivity contribution in [3.63, 3.8) is 0 Å². The Labute approximate surface area is 190 Å². The average molecular weight is 436 g/mol. The van der Waals surface area contributed by atoms with Gasteiger partial charge >= 0.3 is 0 Å². The van der Waals surface area contributed by atoms with E-state index in [9.17, 15) is 9.59 Å². The van der Waals surface area contributed by atoms with Gasteiger partial charge in [-0.3, -0.25) is 14.5 Å². The summed E-state index contributed by atoms with van der Waals surface area (Å²) in [6.07, 6.45) is 4.47. The molecule has 1 aliphatic carbocycles. The molecule has 2 amide bonds. The molecule has 1 aromatic heterocycles. The van der Waals surface area contributed by atoms with Crippen LogP contribution in [0.5, 0.6) is 0 Å². The number of hydrogen-bond donors (Lipinski definition) is 1. The Bertz CT molecular complexity index is 937. The largest absolute Gasteiger partial charge is 0.353 e. The molecule has 2 aliphatic rings. The first-order chi connectivity index (χ1) is 15.5. The molecule has 7 heteroatoms. The number of aryl methyl sites for hydroxylation is 2. The summed E-state index contributed by atoms with van der Waals surface area (Å²) in [7, 11) is 0. The molecule has 2 aromatic rings. The van der Waals surface area contributed by atoms with E-state index in [1.54, 1.807) is 6.20 Å². The van der Waals surface area contributed by atoms with Crippen LogP contribution in [0.2, 0.25) is 0 Å². The first-order valence-corrected chi connectivity index (χ1v) is 11.5. The van der Waals surface area contributed by atoms with E-state index in [0.717, 1.165) is 48.6 Å². The molecule has 0 bridgehead atoms. The highest BCUT2D eigenvalue weighted by atomic mass is 16.2. The molecule has 32 heavy (non-hydrogen) atoms. The van der Waals surface area contributed by atoms with Crippen LogP contribution in [0, 0.1) is 13.8 Å². The minimum Gasteiger partial charge on any atom is -0.353 e. The Morgan fingerprint density at radius 3 is 2.56 bits per heavy atom. The Kier molecular flexibility index (Phi) is 7.05. The van der Waals surface area contributed by atoms with Gasteiger partial charge in [-0.2, -0.15) is 0 Å². The van der Waals surface area contributed by atoms with Crippen molar-refractivity contribution < 1.29 is 9.59 Å². The minimum absolute atomic E-state index is 0.0120.